The minimum absolute atomic E-state index is 0.0978. The van der Waals surface area contributed by atoms with Gasteiger partial charge in [-0.25, -0.2) is 4.79 Å². The summed E-state index contributed by atoms with van der Waals surface area (Å²) in [6, 6.07) is 3.85. The summed E-state index contributed by atoms with van der Waals surface area (Å²) in [5.74, 6) is -0.440. The largest absolute Gasteiger partial charge is 0.462 e. The van der Waals surface area contributed by atoms with Crippen LogP contribution < -0.4 is 5.32 Å². The van der Waals surface area contributed by atoms with Gasteiger partial charge in [0.05, 0.1) is 18.2 Å². The van der Waals surface area contributed by atoms with Crippen molar-refractivity contribution in [2.45, 2.75) is 20.4 Å². The van der Waals surface area contributed by atoms with E-state index < -0.39 is 0 Å². The van der Waals surface area contributed by atoms with Crippen molar-refractivity contribution in [1.82, 2.24) is 4.90 Å². The molecule has 0 aliphatic rings. The molecule has 0 aromatic carbocycles. The number of nitrogens with one attached hydrogen (secondary N) is 1. The van der Waals surface area contributed by atoms with E-state index >= 15 is 0 Å². The SMILES string of the molecule is CCOC(=O)c1sc(NC(=O)CN(C)Cc2ccsc2)cc1C. The fourth-order valence-electron chi connectivity index (χ4n) is 2.12. The lowest BCUT2D eigenvalue weighted by atomic mass is 10.3. The lowest BCUT2D eigenvalue weighted by molar-refractivity contribution is -0.117. The molecule has 0 fully saturated rings. The van der Waals surface area contributed by atoms with E-state index in [1.165, 1.54) is 16.9 Å². The Morgan fingerprint density at radius 2 is 2.17 bits per heavy atom. The molecule has 0 aliphatic carbocycles. The van der Waals surface area contributed by atoms with Gasteiger partial charge < -0.3 is 10.1 Å². The van der Waals surface area contributed by atoms with Crippen LogP contribution in [0.25, 0.3) is 0 Å². The van der Waals surface area contributed by atoms with Gasteiger partial charge in [-0.15, -0.1) is 11.3 Å². The molecule has 0 spiro atoms. The molecule has 0 atom stereocenters. The van der Waals surface area contributed by atoms with Crippen LogP contribution in [0, 0.1) is 6.92 Å². The van der Waals surface area contributed by atoms with Crippen LogP contribution in [0.3, 0.4) is 0 Å². The van der Waals surface area contributed by atoms with Crippen molar-refractivity contribution in [2.24, 2.45) is 0 Å². The van der Waals surface area contributed by atoms with Gasteiger partial charge in [0, 0.05) is 6.54 Å². The Morgan fingerprint density at radius 1 is 1.39 bits per heavy atom. The Bertz CT molecular complexity index is 665. The van der Waals surface area contributed by atoms with E-state index in [2.05, 4.69) is 10.7 Å². The summed E-state index contributed by atoms with van der Waals surface area (Å²) in [5.41, 5.74) is 2.01. The Labute approximate surface area is 143 Å². The minimum Gasteiger partial charge on any atom is -0.462 e. The lowest BCUT2D eigenvalue weighted by Gasteiger charge is -2.14. The second kappa shape index (κ2) is 8.24. The summed E-state index contributed by atoms with van der Waals surface area (Å²) >= 11 is 2.89. The summed E-state index contributed by atoms with van der Waals surface area (Å²) in [6.45, 7) is 4.97. The van der Waals surface area contributed by atoms with Crippen LogP contribution >= 0.6 is 22.7 Å². The molecule has 124 valence electrons. The Kier molecular flexibility index (Phi) is 6.32. The molecule has 7 heteroatoms. The number of nitrogens with zero attached hydrogens (tertiary/aromatic N) is 1. The molecule has 1 N–H and O–H groups in total. The van der Waals surface area contributed by atoms with E-state index in [1.807, 2.05) is 30.3 Å². The second-order valence-corrected chi connectivity index (χ2v) is 7.03. The van der Waals surface area contributed by atoms with Crippen LogP contribution in [-0.2, 0) is 16.1 Å². The highest BCUT2D eigenvalue weighted by molar-refractivity contribution is 7.18. The lowest BCUT2D eigenvalue weighted by Crippen LogP contribution is -2.29. The van der Waals surface area contributed by atoms with E-state index in [4.69, 9.17) is 4.74 Å². The van der Waals surface area contributed by atoms with Crippen molar-refractivity contribution in [3.63, 3.8) is 0 Å². The monoisotopic (exact) mass is 352 g/mol. The van der Waals surface area contributed by atoms with Gasteiger partial charge in [-0.1, -0.05) is 0 Å². The number of thiophene rings is 2. The van der Waals surface area contributed by atoms with Crippen molar-refractivity contribution < 1.29 is 14.3 Å². The quantitative estimate of drug-likeness (QED) is 0.776. The highest BCUT2D eigenvalue weighted by Crippen LogP contribution is 2.27. The predicted octanol–water partition coefficient (Wildman–Crippen LogP) is 3.37. The topological polar surface area (TPSA) is 58.6 Å². The summed E-state index contributed by atoms with van der Waals surface area (Å²) in [5, 5.41) is 7.60. The first-order valence-electron chi connectivity index (χ1n) is 7.26. The van der Waals surface area contributed by atoms with Crippen LogP contribution in [0.15, 0.2) is 22.9 Å². The van der Waals surface area contributed by atoms with Crippen molar-refractivity contribution in [2.75, 3.05) is 25.5 Å². The third-order valence-electron chi connectivity index (χ3n) is 3.09. The smallest absolute Gasteiger partial charge is 0.348 e. The minimum atomic E-state index is -0.343. The number of amides is 1. The van der Waals surface area contributed by atoms with Gasteiger partial charge in [0.15, 0.2) is 0 Å². The Hall–Kier alpha value is -1.70. The van der Waals surface area contributed by atoms with E-state index in [0.29, 0.717) is 23.0 Å². The van der Waals surface area contributed by atoms with Crippen LogP contribution in [0.4, 0.5) is 5.00 Å². The number of hydrogen-bond acceptors (Lipinski definition) is 6. The molecule has 0 unspecified atom stereocenters. The molecule has 2 rings (SSSR count). The van der Waals surface area contributed by atoms with Gasteiger partial charge in [-0.3, -0.25) is 9.69 Å². The molecule has 0 bridgehead atoms. The first kappa shape index (κ1) is 17.7. The van der Waals surface area contributed by atoms with Crippen LogP contribution in [0.2, 0.25) is 0 Å². The third-order valence-corrected chi connectivity index (χ3v) is 4.95. The van der Waals surface area contributed by atoms with Gasteiger partial charge in [0.1, 0.15) is 4.88 Å². The third kappa shape index (κ3) is 5.16. The molecule has 1 amide bonds. The summed E-state index contributed by atoms with van der Waals surface area (Å²) in [7, 11) is 1.90. The van der Waals surface area contributed by atoms with Gasteiger partial charge in [-0.05, 0) is 54.9 Å². The number of ether oxygens (including phenoxy) is 1. The first-order chi connectivity index (χ1) is 11.0. The molecule has 0 radical (unpaired) electrons. The normalized spacial score (nSPS) is 10.8. The van der Waals surface area contributed by atoms with Gasteiger partial charge in [-0.2, -0.15) is 11.3 Å². The molecule has 2 aromatic heterocycles. The second-order valence-electron chi connectivity index (χ2n) is 5.20. The number of likely N-dealkylation sites (N-methyl/N-ethyl adjacent to an activating group) is 1. The van der Waals surface area contributed by atoms with Gasteiger partial charge in [0.25, 0.3) is 0 Å². The number of carbonyl (C=O) groups is 2. The average molecular weight is 352 g/mol. The maximum absolute atomic E-state index is 12.1. The molecule has 5 nitrogen and oxygen atoms in total. The van der Waals surface area contributed by atoms with Crippen LogP contribution in [0.1, 0.15) is 27.7 Å². The average Bonchev–Trinajstić information content (AvgIpc) is 3.08. The van der Waals surface area contributed by atoms with E-state index in [-0.39, 0.29) is 11.9 Å². The van der Waals surface area contributed by atoms with Gasteiger partial charge in [0.2, 0.25) is 5.91 Å². The molecule has 23 heavy (non-hydrogen) atoms. The Morgan fingerprint density at radius 3 is 2.83 bits per heavy atom. The molecular weight excluding hydrogens is 332 g/mol. The molecule has 2 aromatic rings. The number of esters is 1. The summed E-state index contributed by atoms with van der Waals surface area (Å²) in [4.78, 5) is 26.4. The zero-order valence-corrected chi connectivity index (χ0v) is 15.1. The van der Waals surface area contributed by atoms with Crippen molar-refractivity contribution in [1.29, 1.82) is 0 Å². The van der Waals surface area contributed by atoms with E-state index in [1.54, 1.807) is 24.3 Å². The van der Waals surface area contributed by atoms with Crippen LogP contribution in [0.5, 0.6) is 0 Å². The van der Waals surface area contributed by atoms with E-state index in [0.717, 1.165) is 12.1 Å². The fraction of sp³-hybridized carbons (Fsp3) is 0.375. The van der Waals surface area contributed by atoms with Gasteiger partial charge >= 0.3 is 5.97 Å². The number of anilines is 1. The number of carbonyl (C=O) groups excluding carboxylic acids is 2. The maximum atomic E-state index is 12.1. The fourth-order valence-corrected chi connectivity index (χ4v) is 3.76. The zero-order chi connectivity index (χ0) is 16.8. The molecule has 0 saturated heterocycles. The highest BCUT2D eigenvalue weighted by Gasteiger charge is 2.16. The highest BCUT2D eigenvalue weighted by atomic mass is 32.1. The van der Waals surface area contributed by atoms with E-state index in [9.17, 15) is 9.59 Å². The van der Waals surface area contributed by atoms with Crippen molar-refractivity contribution in [3.8, 4) is 0 Å². The summed E-state index contributed by atoms with van der Waals surface area (Å²) < 4.78 is 5.00. The van der Waals surface area contributed by atoms with Crippen LogP contribution in [-0.4, -0.2) is 37.0 Å². The molecule has 2 heterocycles. The zero-order valence-electron chi connectivity index (χ0n) is 13.4. The molecule has 0 aliphatic heterocycles. The number of rotatable bonds is 7. The van der Waals surface area contributed by atoms with Crippen molar-refractivity contribution in [3.05, 3.63) is 38.9 Å². The number of hydrogen-bond donors (Lipinski definition) is 1. The Balaban J connectivity index is 1.90. The predicted molar refractivity (Wildman–Crippen MR) is 94.3 cm³/mol. The number of aryl methyl sites for hydroxylation is 1. The molecular formula is C16H20N2O3S2. The maximum Gasteiger partial charge on any atom is 0.348 e. The first-order valence-corrected chi connectivity index (χ1v) is 9.02. The van der Waals surface area contributed by atoms with Crippen molar-refractivity contribution >= 4 is 39.6 Å². The summed E-state index contributed by atoms with van der Waals surface area (Å²) in [6.07, 6.45) is 0. The molecule has 0 saturated carbocycles. The standard InChI is InChI=1S/C16H20N2O3S2/c1-4-21-16(20)15-11(2)7-14(23-15)17-13(19)9-18(3)8-12-5-6-22-10-12/h5-7,10H,4,8-9H2,1-3H3,(H,17,19).